The molecule has 0 aromatic rings. The zero-order valence-corrected chi connectivity index (χ0v) is 19.7. The summed E-state index contributed by atoms with van der Waals surface area (Å²) < 4.78 is 33.0. The number of hydrogen-bond donors (Lipinski definition) is 2. The topological polar surface area (TPSA) is 104 Å². The van der Waals surface area contributed by atoms with E-state index < -0.39 is 45.8 Å². The highest BCUT2D eigenvalue weighted by atomic mass is 32.2. The minimum atomic E-state index is -3.77. The van der Waals surface area contributed by atoms with Gasteiger partial charge in [0.05, 0.1) is 30.1 Å². The number of aliphatic hydroxyl groups is 2. The number of nitrogens with zero attached hydrogens (tertiary/aromatic N) is 1. The molecule has 0 unspecified atom stereocenters. The lowest BCUT2D eigenvalue weighted by molar-refractivity contribution is -0.148. The first-order valence-corrected chi connectivity index (χ1v) is 13.4. The molecule has 2 bridgehead atoms. The zero-order chi connectivity index (χ0) is 22.6. The van der Waals surface area contributed by atoms with Gasteiger partial charge in [0, 0.05) is 5.41 Å². The average molecular weight is 456 g/mol. The number of fused-ring (bicyclic) bond motifs is 1. The highest BCUT2D eigenvalue weighted by Crippen LogP contribution is 2.70. The first kappa shape index (κ1) is 23.2. The minimum Gasteiger partial charge on any atom is -0.390 e. The SMILES string of the molecule is CC/C=C\CC[C@H](O)[C@@H]1CC[C@H]([C@H](O)C(=O)N2[C@H]3C[C@@H]4CC[C@@]3(CS2(=O)=O)C4(C)C)O1. The normalized spacial score (nSPS) is 39.8. The molecular weight excluding hydrogens is 418 g/mol. The van der Waals surface area contributed by atoms with Crippen molar-refractivity contribution in [2.75, 3.05) is 5.75 Å². The second kappa shape index (κ2) is 8.12. The Hall–Kier alpha value is -0.960. The molecule has 4 fully saturated rings. The van der Waals surface area contributed by atoms with Crippen molar-refractivity contribution in [3.8, 4) is 0 Å². The van der Waals surface area contributed by atoms with Gasteiger partial charge in [-0.3, -0.25) is 4.79 Å². The van der Waals surface area contributed by atoms with E-state index in [0.717, 1.165) is 30.0 Å². The van der Waals surface area contributed by atoms with Crippen molar-refractivity contribution in [2.24, 2.45) is 16.7 Å². The summed E-state index contributed by atoms with van der Waals surface area (Å²) in [5.41, 5.74) is -0.539. The molecule has 2 N–H and O–H groups in total. The predicted molar refractivity (Wildman–Crippen MR) is 117 cm³/mol. The van der Waals surface area contributed by atoms with E-state index in [1.54, 1.807) is 0 Å². The van der Waals surface area contributed by atoms with Gasteiger partial charge in [0.15, 0.2) is 6.10 Å². The molecule has 0 aromatic carbocycles. The van der Waals surface area contributed by atoms with Gasteiger partial charge in [0.2, 0.25) is 10.0 Å². The number of allylic oxidation sites excluding steroid dienone is 2. The molecule has 7 atom stereocenters. The molecule has 8 heteroatoms. The Morgan fingerprint density at radius 2 is 1.90 bits per heavy atom. The van der Waals surface area contributed by atoms with Crippen molar-refractivity contribution in [1.29, 1.82) is 0 Å². The second-order valence-electron chi connectivity index (χ2n) is 10.5. The predicted octanol–water partition coefficient (Wildman–Crippen LogP) is 2.37. The van der Waals surface area contributed by atoms with Crippen molar-refractivity contribution >= 4 is 15.9 Å². The molecule has 0 radical (unpaired) electrons. The lowest BCUT2D eigenvalue weighted by atomic mass is 9.69. The van der Waals surface area contributed by atoms with Gasteiger partial charge in [-0.25, -0.2) is 12.7 Å². The number of ether oxygens (including phenoxy) is 1. The molecule has 31 heavy (non-hydrogen) atoms. The van der Waals surface area contributed by atoms with Crippen molar-refractivity contribution in [2.45, 2.75) is 103 Å². The second-order valence-corrected chi connectivity index (χ2v) is 12.4. The lowest BCUT2D eigenvalue weighted by Crippen LogP contribution is -2.50. The van der Waals surface area contributed by atoms with Gasteiger partial charge >= 0.3 is 0 Å². The molecule has 176 valence electrons. The quantitative estimate of drug-likeness (QED) is 0.571. The summed E-state index contributed by atoms with van der Waals surface area (Å²) in [6.45, 7) is 6.31. The van der Waals surface area contributed by atoms with Crippen LogP contribution in [0, 0.1) is 16.7 Å². The van der Waals surface area contributed by atoms with E-state index in [1.807, 2.05) is 12.2 Å². The number of carbonyl (C=O) groups is 1. The Morgan fingerprint density at radius 3 is 2.58 bits per heavy atom. The molecular formula is C23H37NO6S. The molecule has 0 aromatic heterocycles. The van der Waals surface area contributed by atoms with Crippen LogP contribution in [-0.4, -0.2) is 65.1 Å². The first-order chi connectivity index (χ1) is 14.5. The molecule has 1 amide bonds. The largest absolute Gasteiger partial charge is 0.390 e. The van der Waals surface area contributed by atoms with Crippen molar-refractivity contribution < 1.29 is 28.2 Å². The summed E-state index contributed by atoms with van der Waals surface area (Å²) in [5, 5.41) is 21.2. The summed E-state index contributed by atoms with van der Waals surface area (Å²) in [6, 6.07) is -0.360. The Labute approximate surface area is 185 Å². The molecule has 1 spiro atoms. The standard InChI is InChI=1S/C23H37NO6S/c1-4-5-6-7-8-16(25)17-9-10-18(30-17)20(26)21(27)24-19-13-15-11-12-23(19,22(15,2)3)14-31(24,28)29/h5-6,15-20,25-26H,4,7-14H2,1-3H3/b6-5-/t15-,16-,17-,18+,19-,20-,23-/m0/s1. The fourth-order valence-corrected chi connectivity index (χ4v) is 9.37. The number of hydrogen-bond acceptors (Lipinski definition) is 6. The fraction of sp³-hybridized carbons (Fsp3) is 0.870. The Morgan fingerprint density at radius 1 is 1.19 bits per heavy atom. The number of rotatable bonds is 7. The molecule has 7 nitrogen and oxygen atoms in total. The number of carbonyl (C=O) groups excluding carboxylic acids is 1. The van der Waals surface area contributed by atoms with Gasteiger partial charge < -0.3 is 14.9 Å². The van der Waals surface area contributed by atoms with Gasteiger partial charge in [-0.1, -0.05) is 32.9 Å². The van der Waals surface area contributed by atoms with Crippen LogP contribution in [0.3, 0.4) is 0 Å². The number of sulfonamides is 1. The van der Waals surface area contributed by atoms with E-state index in [1.165, 1.54) is 0 Å². The van der Waals surface area contributed by atoms with E-state index in [0.29, 0.717) is 31.6 Å². The third kappa shape index (κ3) is 3.58. The van der Waals surface area contributed by atoms with Crippen LogP contribution >= 0.6 is 0 Å². The average Bonchev–Trinajstić information content (AvgIpc) is 3.40. The molecule has 2 heterocycles. The number of aliphatic hydroxyl groups excluding tert-OH is 2. The Bertz CT molecular complexity index is 839. The van der Waals surface area contributed by atoms with Crippen LogP contribution in [0.5, 0.6) is 0 Å². The maximum absolute atomic E-state index is 13.2. The van der Waals surface area contributed by atoms with Crippen LogP contribution in [-0.2, 0) is 19.6 Å². The maximum Gasteiger partial charge on any atom is 0.267 e. The monoisotopic (exact) mass is 455 g/mol. The summed E-state index contributed by atoms with van der Waals surface area (Å²) in [6.07, 6.45) is 6.39. The highest BCUT2D eigenvalue weighted by molar-refractivity contribution is 7.90. The molecule has 2 aliphatic carbocycles. The van der Waals surface area contributed by atoms with Gasteiger partial charge in [0.25, 0.3) is 5.91 Å². The first-order valence-electron chi connectivity index (χ1n) is 11.8. The van der Waals surface area contributed by atoms with E-state index in [-0.39, 0.29) is 17.2 Å². The summed E-state index contributed by atoms with van der Waals surface area (Å²) in [4.78, 5) is 13.2. The minimum absolute atomic E-state index is 0.00916. The van der Waals surface area contributed by atoms with Crippen LogP contribution < -0.4 is 0 Å². The van der Waals surface area contributed by atoms with Crippen LogP contribution in [0.25, 0.3) is 0 Å². The Kier molecular flexibility index (Phi) is 6.08. The van der Waals surface area contributed by atoms with E-state index in [4.69, 9.17) is 4.74 Å². The molecule has 2 aliphatic heterocycles. The van der Waals surface area contributed by atoms with E-state index in [2.05, 4.69) is 20.8 Å². The molecule has 2 saturated heterocycles. The van der Waals surface area contributed by atoms with Crippen LogP contribution in [0.2, 0.25) is 0 Å². The fourth-order valence-electron chi connectivity index (χ4n) is 6.81. The third-order valence-corrected chi connectivity index (χ3v) is 10.7. The zero-order valence-electron chi connectivity index (χ0n) is 18.9. The maximum atomic E-state index is 13.2. The van der Waals surface area contributed by atoms with Crippen molar-refractivity contribution in [3.63, 3.8) is 0 Å². The smallest absolute Gasteiger partial charge is 0.267 e. The van der Waals surface area contributed by atoms with Gasteiger partial charge in [-0.2, -0.15) is 0 Å². The molecule has 4 rings (SSSR count). The van der Waals surface area contributed by atoms with Gasteiger partial charge in [-0.15, -0.1) is 0 Å². The summed E-state index contributed by atoms with van der Waals surface area (Å²) in [7, 11) is -3.77. The third-order valence-electron chi connectivity index (χ3n) is 8.78. The summed E-state index contributed by atoms with van der Waals surface area (Å²) in [5.74, 6) is -0.356. The Balaban J connectivity index is 1.43. The van der Waals surface area contributed by atoms with E-state index >= 15 is 0 Å². The summed E-state index contributed by atoms with van der Waals surface area (Å²) >= 11 is 0. The van der Waals surface area contributed by atoms with Crippen LogP contribution in [0.15, 0.2) is 12.2 Å². The highest BCUT2D eigenvalue weighted by Gasteiger charge is 2.72. The van der Waals surface area contributed by atoms with Crippen molar-refractivity contribution in [1.82, 2.24) is 4.31 Å². The van der Waals surface area contributed by atoms with Crippen LogP contribution in [0.1, 0.15) is 72.1 Å². The molecule has 2 saturated carbocycles. The lowest BCUT2D eigenvalue weighted by Gasteiger charge is -2.37. The van der Waals surface area contributed by atoms with E-state index in [9.17, 15) is 23.4 Å². The van der Waals surface area contributed by atoms with Crippen molar-refractivity contribution in [3.05, 3.63) is 12.2 Å². The van der Waals surface area contributed by atoms with Crippen LogP contribution in [0.4, 0.5) is 0 Å². The number of amides is 1. The molecule has 4 aliphatic rings. The van der Waals surface area contributed by atoms with Gasteiger partial charge in [0.1, 0.15) is 0 Å². The van der Waals surface area contributed by atoms with Gasteiger partial charge in [-0.05, 0) is 62.7 Å².